The van der Waals surface area contributed by atoms with E-state index in [-0.39, 0.29) is 51.3 Å². The molecule has 1 aliphatic carbocycles. The largest absolute Gasteiger partial charge is 0.390 e. The van der Waals surface area contributed by atoms with Crippen LogP contribution in [-0.2, 0) is 14.7 Å². The Labute approximate surface area is 251 Å². The van der Waals surface area contributed by atoms with Gasteiger partial charge in [0.05, 0.1) is 27.4 Å². The van der Waals surface area contributed by atoms with Crippen LogP contribution in [0.2, 0.25) is 5.02 Å². The lowest BCUT2D eigenvalue weighted by atomic mass is 9.73. The molecular formula is C30H40ClF3N2O5S. The zero-order chi connectivity index (χ0) is 31.6. The molecule has 4 unspecified atom stereocenters. The van der Waals surface area contributed by atoms with Gasteiger partial charge in [0, 0.05) is 37.5 Å². The molecule has 1 saturated carbocycles. The van der Waals surface area contributed by atoms with Gasteiger partial charge in [0.1, 0.15) is 0 Å². The summed E-state index contributed by atoms with van der Waals surface area (Å²) in [6.07, 6.45) is 1.94. The van der Waals surface area contributed by atoms with E-state index >= 15 is 0 Å². The fourth-order valence-electron chi connectivity index (χ4n) is 5.93. The number of nitrogens with zero attached hydrogens (tertiary/aromatic N) is 1. The number of hydrogen-bond donors (Lipinski definition) is 2. The van der Waals surface area contributed by atoms with Gasteiger partial charge < -0.3 is 10.4 Å². The maximum absolute atomic E-state index is 14.1. The van der Waals surface area contributed by atoms with Crippen LogP contribution in [0.3, 0.4) is 0 Å². The van der Waals surface area contributed by atoms with Crippen molar-refractivity contribution in [2.75, 3.05) is 26.0 Å². The second-order valence-electron chi connectivity index (χ2n) is 11.7. The van der Waals surface area contributed by atoms with Crippen LogP contribution in [0.15, 0.2) is 35.2 Å². The molecule has 7 nitrogen and oxygen atoms in total. The molecule has 2 aromatic carbocycles. The molecule has 6 atom stereocenters. The molecule has 12 heteroatoms. The van der Waals surface area contributed by atoms with Gasteiger partial charge in [-0.2, -0.15) is 5.06 Å². The molecule has 1 fully saturated rings. The molecular weight excluding hydrogens is 593 g/mol. The highest BCUT2D eigenvalue weighted by Gasteiger charge is 2.48. The molecule has 0 heterocycles. The number of benzene rings is 2. The number of hydroxylamine groups is 2. The summed E-state index contributed by atoms with van der Waals surface area (Å²) in [5, 5.41) is 14.7. The van der Waals surface area contributed by atoms with E-state index in [2.05, 4.69) is 5.32 Å². The Bertz CT molecular complexity index is 1370. The van der Waals surface area contributed by atoms with Crippen molar-refractivity contribution >= 4 is 33.0 Å². The molecule has 0 bridgehead atoms. The van der Waals surface area contributed by atoms with Crippen molar-refractivity contribution < 1.29 is 36.3 Å². The van der Waals surface area contributed by atoms with E-state index < -0.39 is 44.0 Å². The van der Waals surface area contributed by atoms with Crippen LogP contribution in [0.1, 0.15) is 63.7 Å². The number of nitrogens with one attached hydrogen (secondary N) is 1. The van der Waals surface area contributed by atoms with Crippen molar-refractivity contribution in [3.05, 3.63) is 58.4 Å². The minimum Gasteiger partial charge on any atom is -0.390 e. The Morgan fingerprint density at radius 3 is 2.36 bits per heavy atom. The lowest BCUT2D eigenvalue weighted by Crippen LogP contribution is -2.44. The number of aliphatic hydroxyl groups is 1. The molecule has 0 saturated heterocycles. The zero-order valence-corrected chi connectivity index (χ0v) is 26.3. The van der Waals surface area contributed by atoms with Crippen LogP contribution in [0.25, 0.3) is 0 Å². The molecule has 0 radical (unpaired) electrons. The van der Waals surface area contributed by atoms with E-state index in [0.717, 1.165) is 6.07 Å². The molecule has 42 heavy (non-hydrogen) atoms. The maximum atomic E-state index is 14.1. The SMILES string of the molecule is CC[C@](O)(C[C@@H]1CCC(C)C1S(=O)(=O)c1cc(C(=O)Nc2cc(F)c(F)c(F)c2)ccc1Cl)C(C)C(C)CON(C)C. The molecule has 0 spiro atoms. The predicted molar refractivity (Wildman–Crippen MR) is 156 cm³/mol. The minimum absolute atomic E-state index is 0.000991. The van der Waals surface area contributed by atoms with Crippen molar-refractivity contribution in [3.8, 4) is 0 Å². The quantitative estimate of drug-likeness (QED) is 0.205. The Morgan fingerprint density at radius 2 is 1.79 bits per heavy atom. The molecule has 1 amide bonds. The summed E-state index contributed by atoms with van der Waals surface area (Å²) in [4.78, 5) is 18.3. The van der Waals surface area contributed by atoms with E-state index in [1.807, 2.05) is 27.7 Å². The van der Waals surface area contributed by atoms with Crippen LogP contribution in [0, 0.1) is 41.1 Å². The highest BCUT2D eigenvalue weighted by Crippen LogP contribution is 2.46. The van der Waals surface area contributed by atoms with Crippen LogP contribution >= 0.6 is 11.6 Å². The highest BCUT2D eigenvalue weighted by atomic mass is 35.5. The molecule has 0 aromatic heterocycles. The summed E-state index contributed by atoms with van der Waals surface area (Å²) >= 11 is 6.37. The lowest BCUT2D eigenvalue weighted by molar-refractivity contribution is -0.149. The van der Waals surface area contributed by atoms with Crippen LogP contribution in [-0.4, -0.2) is 56.0 Å². The van der Waals surface area contributed by atoms with Crippen molar-refractivity contribution in [1.82, 2.24) is 5.06 Å². The normalized spacial score (nSPS) is 22.1. The number of amides is 1. The smallest absolute Gasteiger partial charge is 0.255 e. The van der Waals surface area contributed by atoms with Gasteiger partial charge in [-0.15, -0.1) is 0 Å². The summed E-state index contributed by atoms with van der Waals surface area (Å²) in [6, 6.07) is 4.95. The third-order valence-electron chi connectivity index (χ3n) is 8.64. The number of carbonyl (C=O) groups is 1. The van der Waals surface area contributed by atoms with Crippen LogP contribution < -0.4 is 5.32 Å². The summed E-state index contributed by atoms with van der Waals surface area (Å²) in [5.41, 5.74) is -1.58. The molecule has 3 rings (SSSR count). The van der Waals surface area contributed by atoms with Crippen molar-refractivity contribution in [2.24, 2.45) is 23.7 Å². The zero-order valence-electron chi connectivity index (χ0n) is 24.8. The Hall–Kier alpha value is -2.18. The highest BCUT2D eigenvalue weighted by molar-refractivity contribution is 7.92. The second kappa shape index (κ2) is 13.6. The third-order valence-corrected chi connectivity index (χ3v) is 11.6. The summed E-state index contributed by atoms with van der Waals surface area (Å²) < 4.78 is 68.8. The van der Waals surface area contributed by atoms with Gasteiger partial charge in [-0.1, -0.05) is 39.3 Å². The maximum Gasteiger partial charge on any atom is 0.255 e. The number of hydrogen-bond acceptors (Lipinski definition) is 6. The standard InChI is InChI=1S/C30H40ClF3N2O5S/c1-7-30(38,19(4)18(3)16-41-36(5)6)15-21-9-8-17(2)28(21)42(39,40)26-12-20(10-11-23(26)31)29(37)35-22-13-24(32)27(34)25(33)14-22/h10-14,17-19,21,28,38H,7-9,15-16H2,1-6H3,(H,35,37)/t17?,18?,19?,21-,28?,30-/m0/s1. The Kier molecular flexibility index (Phi) is 11.1. The van der Waals surface area contributed by atoms with Gasteiger partial charge >= 0.3 is 0 Å². The topological polar surface area (TPSA) is 95.9 Å². The first-order chi connectivity index (χ1) is 19.5. The second-order valence-corrected chi connectivity index (χ2v) is 14.2. The van der Waals surface area contributed by atoms with Gasteiger partial charge in [0.25, 0.3) is 5.91 Å². The fraction of sp³-hybridized carbons (Fsp3) is 0.567. The van der Waals surface area contributed by atoms with Gasteiger partial charge in [-0.05, 0) is 67.6 Å². The number of carbonyl (C=O) groups excluding carboxylic acids is 1. The summed E-state index contributed by atoms with van der Waals surface area (Å²) in [6.45, 7) is 8.08. The first-order valence-corrected chi connectivity index (χ1v) is 16.0. The van der Waals surface area contributed by atoms with E-state index in [0.29, 0.717) is 38.0 Å². The van der Waals surface area contributed by atoms with E-state index in [1.54, 1.807) is 19.2 Å². The third kappa shape index (κ3) is 7.48. The van der Waals surface area contributed by atoms with Gasteiger partial charge in [-0.25, -0.2) is 21.6 Å². The monoisotopic (exact) mass is 632 g/mol. The number of anilines is 1. The molecule has 1 aliphatic rings. The Balaban J connectivity index is 1.89. The molecule has 2 N–H and O–H groups in total. The molecule has 234 valence electrons. The minimum atomic E-state index is -4.09. The number of sulfone groups is 1. The average Bonchev–Trinajstić information content (AvgIpc) is 3.29. The van der Waals surface area contributed by atoms with Crippen molar-refractivity contribution in [3.63, 3.8) is 0 Å². The summed E-state index contributed by atoms with van der Waals surface area (Å²) in [7, 11) is -0.522. The van der Waals surface area contributed by atoms with Crippen molar-refractivity contribution in [2.45, 2.75) is 69.1 Å². The van der Waals surface area contributed by atoms with E-state index in [4.69, 9.17) is 16.4 Å². The van der Waals surface area contributed by atoms with Crippen LogP contribution in [0.5, 0.6) is 0 Å². The molecule has 0 aliphatic heterocycles. The van der Waals surface area contributed by atoms with Gasteiger partial charge in [-0.3, -0.25) is 9.63 Å². The van der Waals surface area contributed by atoms with Crippen LogP contribution in [0.4, 0.5) is 18.9 Å². The first kappa shape index (κ1) is 34.3. The summed E-state index contributed by atoms with van der Waals surface area (Å²) in [5.74, 6) is -6.26. The first-order valence-electron chi connectivity index (χ1n) is 14.0. The predicted octanol–water partition coefficient (Wildman–Crippen LogP) is 6.49. The Morgan fingerprint density at radius 1 is 1.17 bits per heavy atom. The lowest BCUT2D eigenvalue weighted by Gasteiger charge is -2.40. The molecule has 2 aromatic rings. The van der Waals surface area contributed by atoms with Gasteiger partial charge in [0.2, 0.25) is 0 Å². The van der Waals surface area contributed by atoms with E-state index in [9.17, 15) is 31.5 Å². The number of halogens is 4. The number of rotatable bonds is 12. The van der Waals surface area contributed by atoms with Gasteiger partial charge in [0.15, 0.2) is 27.3 Å². The average molecular weight is 633 g/mol. The fourth-order valence-corrected chi connectivity index (χ4v) is 8.79. The van der Waals surface area contributed by atoms with E-state index in [1.165, 1.54) is 12.1 Å². The van der Waals surface area contributed by atoms with Crippen molar-refractivity contribution in [1.29, 1.82) is 0 Å².